The Balaban J connectivity index is -0.000000218. The predicted molar refractivity (Wildman–Crippen MR) is 73.5 cm³/mol. The van der Waals surface area contributed by atoms with E-state index in [0.29, 0.717) is 0 Å². The first-order valence-corrected chi connectivity index (χ1v) is 5.34. The van der Waals surface area contributed by atoms with Crippen LogP contribution in [0.2, 0.25) is 0 Å². The van der Waals surface area contributed by atoms with Crippen molar-refractivity contribution in [2.75, 3.05) is 13.1 Å². The fourth-order valence-electron chi connectivity index (χ4n) is 0.302. The first kappa shape index (κ1) is 22.5. The minimum atomic E-state index is -0.943. The molecule has 6 nitrogen and oxygen atoms in total. The van der Waals surface area contributed by atoms with Gasteiger partial charge in [0, 0.05) is 0 Å². The van der Waals surface area contributed by atoms with Gasteiger partial charge < -0.3 is 35.5 Å². The number of hydrogen-bond acceptors (Lipinski definition) is 4. The zero-order chi connectivity index (χ0) is 13.1. The molecule has 0 fully saturated rings. The van der Waals surface area contributed by atoms with Crippen molar-refractivity contribution < 1.29 is 39.3 Å². The van der Waals surface area contributed by atoms with E-state index in [1.807, 2.05) is 0 Å². The number of hydrogen-bond donors (Lipinski definition) is 4. The van der Waals surface area contributed by atoms with Gasteiger partial charge in [0.2, 0.25) is 0 Å². The van der Waals surface area contributed by atoms with Crippen LogP contribution in [0.1, 0.15) is 0 Å². The van der Waals surface area contributed by atoms with Crippen LogP contribution >= 0.6 is 0 Å². The van der Waals surface area contributed by atoms with Crippen LogP contribution < -0.4 is 10.6 Å². The molecule has 0 aliphatic heterocycles. The molecule has 0 bridgehead atoms. The number of carboxylic acid groups (broad SMARTS) is 2. The molecule has 0 aromatic carbocycles. The molecule has 0 atom stereocenters. The van der Waals surface area contributed by atoms with Crippen LogP contribution in [0.3, 0.4) is 0 Å². The van der Waals surface area contributed by atoms with E-state index < -0.39 is 11.9 Å². The third-order valence-electron chi connectivity index (χ3n) is 0.782. The molecule has 0 radical (unpaired) electrons. The van der Waals surface area contributed by atoms with Gasteiger partial charge in [-0.05, 0) is 0 Å². The van der Waals surface area contributed by atoms with Crippen LogP contribution in [0.25, 0.3) is 0 Å². The van der Waals surface area contributed by atoms with Gasteiger partial charge in [0.25, 0.3) is 0 Å². The van der Waals surface area contributed by atoms with Crippen molar-refractivity contribution in [3.05, 3.63) is 0 Å². The third-order valence-corrected chi connectivity index (χ3v) is 1.39. The molecular weight excluding hydrogens is 358 g/mol. The molecule has 4 N–H and O–H groups in total. The zero-order valence-corrected chi connectivity index (χ0v) is 14.9. The molecule has 0 saturated heterocycles. The number of carbonyl (C=O) groups is 2. The monoisotopic (exact) mass is 366 g/mol. The Morgan fingerprint density at radius 1 is 0.941 bits per heavy atom. The number of nitrogens with one attached hydrogen (secondary N) is 2. The molecule has 92 valence electrons. The molecule has 0 aliphatic carbocycles. The molecular formula is C6H10N2O4S4Zn+2. The molecule has 0 aromatic heterocycles. The standard InChI is InChI=1S/2C3H5NO2S2.Zn/c2*5-2(6)1-4-3(7)8;/h2*1H2,(H,5,6)(H2,4,7,8);/q;;+2. The SMILES string of the molecule is O=C(O)CNC([S-])=[SH+].O=C(O)CNC([S-])=[SH+].[Zn+2]. The molecule has 0 saturated carbocycles. The molecule has 0 aliphatic rings. The van der Waals surface area contributed by atoms with E-state index in [2.05, 4.69) is 60.3 Å². The molecule has 0 amide bonds. The summed E-state index contributed by atoms with van der Waals surface area (Å²) < 4.78 is 0.403. The maximum atomic E-state index is 9.75. The van der Waals surface area contributed by atoms with Gasteiger partial charge in [0.15, 0.2) is 0 Å². The van der Waals surface area contributed by atoms with Gasteiger partial charge in [-0.25, -0.2) is 0 Å². The summed E-state index contributed by atoms with van der Waals surface area (Å²) in [6, 6.07) is 0. The molecule has 11 heteroatoms. The second kappa shape index (κ2) is 14.4. The summed E-state index contributed by atoms with van der Waals surface area (Å²) in [5.41, 5.74) is 0. The molecule has 0 aromatic rings. The van der Waals surface area contributed by atoms with Crippen LogP contribution in [-0.2, 0) is 78.8 Å². The quantitative estimate of drug-likeness (QED) is 0.139. The van der Waals surface area contributed by atoms with Crippen molar-refractivity contribution in [1.82, 2.24) is 10.6 Å². The van der Waals surface area contributed by atoms with E-state index in [-0.39, 0.29) is 41.2 Å². The zero-order valence-electron chi connectivity index (χ0n) is 8.54. The Hall–Kier alpha value is 0.363. The fraction of sp³-hybridized carbons (Fsp3) is 0.333. The van der Waals surface area contributed by atoms with Crippen molar-refractivity contribution >= 4 is 70.3 Å². The minimum Gasteiger partial charge on any atom is -0.680 e. The molecule has 0 heterocycles. The summed E-state index contributed by atoms with van der Waals surface area (Å²) in [4.78, 5) is 19.5. The predicted octanol–water partition coefficient (Wildman–Crippen LogP) is -2.85. The smallest absolute Gasteiger partial charge is 0.680 e. The Morgan fingerprint density at radius 2 is 1.18 bits per heavy atom. The summed E-state index contributed by atoms with van der Waals surface area (Å²) in [6.07, 6.45) is 0. The summed E-state index contributed by atoms with van der Waals surface area (Å²) in [6.45, 7) is -0.329. The molecule has 17 heavy (non-hydrogen) atoms. The number of thiol groups is 2. The summed E-state index contributed by atoms with van der Waals surface area (Å²) in [5.74, 6) is -1.89. The van der Waals surface area contributed by atoms with E-state index in [9.17, 15) is 9.59 Å². The summed E-state index contributed by atoms with van der Waals surface area (Å²) in [7, 11) is 0. The van der Waals surface area contributed by atoms with Gasteiger partial charge in [-0.15, -0.1) is 0 Å². The maximum absolute atomic E-state index is 9.75. The third kappa shape index (κ3) is 31.4. The molecule has 0 rings (SSSR count). The van der Waals surface area contributed by atoms with Crippen molar-refractivity contribution in [3.8, 4) is 0 Å². The van der Waals surface area contributed by atoms with Gasteiger partial charge in [-0.2, -0.15) is 0 Å². The molecule has 0 unspecified atom stereocenters. The van der Waals surface area contributed by atoms with Crippen LogP contribution in [-0.4, -0.2) is 43.9 Å². The van der Waals surface area contributed by atoms with Gasteiger partial charge in [0.05, 0.1) is 0 Å². The van der Waals surface area contributed by atoms with Crippen LogP contribution in [0.15, 0.2) is 0 Å². The van der Waals surface area contributed by atoms with E-state index in [1.54, 1.807) is 0 Å². The topological polar surface area (TPSA) is 98.7 Å². The Kier molecular flexibility index (Phi) is 19.1. The van der Waals surface area contributed by atoms with E-state index in [1.165, 1.54) is 0 Å². The van der Waals surface area contributed by atoms with Crippen LogP contribution in [0.5, 0.6) is 0 Å². The Labute approximate surface area is 132 Å². The molecule has 0 spiro atoms. The summed E-state index contributed by atoms with van der Waals surface area (Å²) in [5, 5.41) is 20.7. The second-order valence-electron chi connectivity index (χ2n) is 2.10. The van der Waals surface area contributed by atoms with Crippen LogP contribution in [0, 0.1) is 0 Å². The van der Waals surface area contributed by atoms with Gasteiger partial charge in [0.1, 0.15) is 46.2 Å². The number of aliphatic carboxylic acids is 2. The number of carboxylic acids is 2. The Bertz CT molecular complexity index is 233. The first-order valence-electron chi connectivity index (χ1n) is 3.63. The normalized spacial score (nSPS) is 8.12. The second-order valence-corrected chi connectivity index (χ2v) is 4.42. The average Bonchev–Trinajstić information content (AvgIpc) is 2.12. The van der Waals surface area contributed by atoms with Crippen LogP contribution in [0.4, 0.5) is 0 Å². The van der Waals surface area contributed by atoms with E-state index in [0.717, 1.165) is 0 Å². The van der Waals surface area contributed by atoms with Gasteiger partial charge in [-0.3, -0.25) is 20.2 Å². The van der Waals surface area contributed by atoms with E-state index >= 15 is 0 Å². The largest absolute Gasteiger partial charge is 2.00 e. The average molecular weight is 368 g/mol. The number of rotatable bonds is 4. The van der Waals surface area contributed by atoms with Crippen molar-refractivity contribution in [3.63, 3.8) is 0 Å². The fourth-order valence-corrected chi connectivity index (χ4v) is 0.605. The van der Waals surface area contributed by atoms with Crippen molar-refractivity contribution in [1.29, 1.82) is 0 Å². The minimum absolute atomic E-state index is 0. The van der Waals surface area contributed by atoms with Gasteiger partial charge in [-0.1, -0.05) is 0 Å². The Morgan fingerprint density at radius 3 is 1.24 bits per heavy atom. The van der Waals surface area contributed by atoms with Crippen molar-refractivity contribution in [2.45, 2.75) is 0 Å². The first-order chi connectivity index (χ1) is 7.25. The maximum Gasteiger partial charge on any atom is 2.00 e. The summed E-state index contributed by atoms with van der Waals surface area (Å²) >= 11 is 16.1. The van der Waals surface area contributed by atoms with Gasteiger partial charge >= 0.3 is 31.4 Å². The van der Waals surface area contributed by atoms with E-state index in [4.69, 9.17) is 10.2 Å². The van der Waals surface area contributed by atoms with Crippen molar-refractivity contribution in [2.24, 2.45) is 0 Å².